The van der Waals surface area contributed by atoms with Crippen LogP contribution in [-0.2, 0) is 13.3 Å². The molecule has 0 radical (unpaired) electrons. The van der Waals surface area contributed by atoms with E-state index < -0.39 is 8.80 Å². The van der Waals surface area contributed by atoms with Gasteiger partial charge in [0.05, 0.1) is 0 Å². The van der Waals surface area contributed by atoms with Gasteiger partial charge in [0.2, 0.25) is 0 Å². The van der Waals surface area contributed by atoms with Crippen molar-refractivity contribution < 1.29 is 13.3 Å². The van der Waals surface area contributed by atoms with Crippen molar-refractivity contribution in [2.45, 2.75) is 237 Å². The quantitative estimate of drug-likeness (QED) is 0.0268. The van der Waals surface area contributed by atoms with Crippen molar-refractivity contribution in [3.8, 4) is 0 Å². The minimum atomic E-state index is -2.34. The van der Waals surface area contributed by atoms with Gasteiger partial charge in [0.1, 0.15) is 0 Å². The Hall–Kier alpha value is 0.827. The van der Waals surface area contributed by atoms with E-state index in [2.05, 4.69) is 22.6 Å². The summed E-state index contributed by atoms with van der Waals surface area (Å²) in [5.74, 6) is 0. The summed E-state index contributed by atoms with van der Waals surface area (Å²) in [4.78, 5) is 0. The zero-order valence-electron chi connectivity index (χ0n) is 32.0. The molecular formula is C41H85IO3Si. The first-order valence-electron chi connectivity index (χ1n) is 21.0. The number of rotatable bonds is 41. The van der Waals surface area contributed by atoms with Crippen LogP contribution in [0.5, 0.6) is 0 Å². The molecule has 0 unspecified atom stereocenters. The highest BCUT2D eigenvalue weighted by Gasteiger charge is 2.36. The van der Waals surface area contributed by atoms with E-state index in [-0.39, 0.29) is 0 Å². The Morgan fingerprint density at radius 1 is 0.261 bits per heavy atom. The Labute approximate surface area is 306 Å². The highest BCUT2D eigenvalue weighted by atomic mass is 127. The molecule has 0 amide bonds. The van der Waals surface area contributed by atoms with Crippen molar-refractivity contribution >= 4 is 31.4 Å². The average molecular weight is 781 g/mol. The standard InChI is InChI=1S/C41H85IO3Si/c1-43-46(44-2,45-3)41-39-37-35-33-31-29-27-25-23-21-19-17-15-13-11-9-7-5-4-6-8-10-12-14-16-18-20-22-24-26-28-30-32-34-36-38-40-42/h4-41H2,1-3H3. The second-order valence-electron chi connectivity index (χ2n) is 14.5. The summed E-state index contributed by atoms with van der Waals surface area (Å²) in [5.41, 5.74) is 0. The van der Waals surface area contributed by atoms with Crippen molar-refractivity contribution in [2.75, 3.05) is 25.8 Å². The topological polar surface area (TPSA) is 27.7 Å². The zero-order valence-corrected chi connectivity index (χ0v) is 35.1. The number of alkyl halides is 1. The molecular weight excluding hydrogens is 695 g/mol. The molecule has 5 heteroatoms. The zero-order chi connectivity index (χ0) is 33.5. The summed E-state index contributed by atoms with van der Waals surface area (Å²) in [6.07, 6.45) is 52.2. The molecule has 0 saturated heterocycles. The van der Waals surface area contributed by atoms with Gasteiger partial charge >= 0.3 is 8.80 Å². The number of hydrogen-bond acceptors (Lipinski definition) is 3. The average Bonchev–Trinajstić information content (AvgIpc) is 3.08. The third-order valence-electron chi connectivity index (χ3n) is 10.3. The molecule has 0 spiro atoms. The second kappa shape index (κ2) is 40.3. The molecule has 278 valence electrons. The maximum atomic E-state index is 5.51. The fourth-order valence-corrected chi connectivity index (χ4v) is 9.34. The van der Waals surface area contributed by atoms with Crippen LogP contribution in [0.25, 0.3) is 0 Å². The summed E-state index contributed by atoms with van der Waals surface area (Å²) >= 11 is 2.50. The van der Waals surface area contributed by atoms with Gasteiger partial charge in [-0.05, 0) is 17.3 Å². The molecule has 0 aromatic rings. The van der Waals surface area contributed by atoms with Gasteiger partial charge < -0.3 is 13.3 Å². The van der Waals surface area contributed by atoms with Crippen LogP contribution in [-0.4, -0.2) is 34.6 Å². The molecule has 0 rings (SSSR count). The van der Waals surface area contributed by atoms with Gasteiger partial charge in [-0.25, -0.2) is 0 Å². The first-order valence-corrected chi connectivity index (χ1v) is 24.4. The lowest BCUT2D eigenvalue weighted by Gasteiger charge is -2.24. The van der Waals surface area contributed by atoms with Gasteiger partial charge in [-0.15, -0.1) is 0 Å². The van der Waals surface area contributed by atoms with Crippen molar-refractivity contribution in [3.05, 3.63) is 0 Å². The smallest absolute Gasteiger partial charge is 0.377 e. The molecule has 0 aliphatic carbocycles. The van der Waals surface area contributed by atoms with E-state index in [0.717, 1.165) is 12.5 Å². The van der Waals surface area contributed by atoms with E-state index in [1.54, 1.807) is 21.3 Å². The first kappa shape index (κ1) is 46.8. The maximum Gasteiger partial charge on any atom is 0.500 e. The van der Waals surface area contributed by atoms with E-state index in [1.165, 1.54) is 229 Å². The summed E-state index contributed by atoms with van der Waals surface area (Å²) in [6, 6.07) is 0.941. The Morgan fingerprint density at radius 2 is 0.413 bits per heavy atom. The van der Waals surface area contributed by atoms with Crippen LogP contribution >= 0.6 is 22.6 Å². The van der Waals surface area contributed by atoms with Crippen LogP contribution in [0.3, 0.4) is 0 Å². The van der Waals surface area contributed by atoms with E-state index in [4.69, 9.17) is 13.3 Å². The lowest BCUT2D eigenvalue weighted by atomic mass is 10.0. The largest absolute Gasteiger partial charge is 0.500 e. The van der Waals surface area contributed by atoms with E-state index in [9.17, 15) is 0 Å². The summed E-state index contributed by atoms with van der Waals surface area (Å²) in [5, 5.41) is 0. The number of halogens is 1. The van der Waals surface area contributed by atoms with E-state index >= 15 is 0 Å². The predicted molar refractivity (Wildman–Crippen MR) is 217 cm³/mol. The third kappa shape index (κ3) is 34.7. The van der Waals surface area contributed by atoms with E-state index in [1.807, 2.05) is 0 Å². The molecule has 0 atom stereocenters. The predicted octanol–water partition coefficient (Wildman–Crippen LogP) is 15.3. The highest BCUT2D eigenvalue weighted by molar-refractivity contribution is 14.1. The minimum Gasteiger partial charge on any atom is -0.377 e. The van der Waals surface area contributed by atoms with Gasteiger partial charge in [0, 0.05) is 27.4 Å². The molecule has 0 aromatic carbocycles. The molecule has 3 nitrogen and oxygen atoms in total. The van der Waals surface area contributed by atoms with Crippen molar-refractivity contribution in [2.24, 2.45) is 0 Å². The van der Waals surface area contributed by atoms with Crippen LogP contribution in [0.2, 0.25) is 6.04 Å². The van der Waals surface area contributed by atoms with Crippen LogP contribution < -0.4 is 0 Å². The fourth-order valence-electron chi connectivity index (χ4n) is 7.00. The number of unbranched alkanes of at least 4 members (excludes halogenated alkanes) is 35. The van der Waals surface area contributed by atoms with Crippen LogP contribution in [0.4, 0.5) is 0 Å². The van der Waals surface area contributed by atoms with Gasteiger partial charge in [-0.1, -0.05) is 241 Å². The molecule has 0 aliphatic heterocycles. The minimum absolute atomic E-state index is 0.941. The Kier molecular flexibility index (Phi) is 41.0. The van der Waals surface area contributed by atoms with Gasteiger partial charge in [0.15, 0.2) is 0 Å². The monoisotopic (exact) mass is 781 g/mol. The summed E-state index contributed by atoms with van der Waals surface area (Å²) in [6.45, 7) is 0. The highest BCUT2D eigenvalue weighted by Crippen LogP contribution is 2.20. The molecule has 0 heterocycles. The number of hydrogen-bond donors (Lipinski definition) is 0. The fraction of sp³-hybridized carbons (Fsp3) is 1.00. The second-order valence-corrected chi connectivity index (χ2v) is 18.6. The normalized spacial score (nSPS) is 12.0. The molecule has 46 heavy (non-hydrogen) atoms. The molecule has 0 N–H and O–H groups in total. The molecule has 0 aromatic heterocycles. The third-order valence-corrected chi connectivity index (χ3v) is 13.9. The first-order chi connectivity index (χ1) is 22.7. The molecule has 0 bridgehead atoms. The van der Waals surface area contributed by atoms with Crippen LogP contribution in [0, 0.1) is 0 Å². The van der Waals surface area contributed by atoms with Gasteiger partial charge in [-0.3, -0.25) is 0 Å². The van der Waals surface area contributed by atoms with Gasteiger partial charge in [-0.2, -0.15) is 0 Å². The maximum absolute atomic E-state index is 5.51. The molecule has 0 fully saturated rings. The lowest BCUT2D eigenvalue weighted by molar-refractivity contribution is 0.122. The Balaban J connectivity index is 3.11. The summed E-state index contributed by atoms with van der Waals surface area (Å²) in [7, 11) is 2.79. The van der Waals surface area contributed by atoms with Gasteiger partial charge in [0.25, 0.3) is 0 Å². The Morgan fingerprint density at radius 3 is 0.565 bits per heavy atom. The lowest BCUT2D eigenvalue weighted by Crippen LogP contribution is -2.42. The molecule has 0 saturated carbocycles. The van der Waals surface area contributed by atoms with Crippen molar-refractivity contribution in [1.82, 2.24) is 0 Å². The SMILES string of the molecule is CO[Si](CCCCCCCCCCCCCCCCCCCCCCCCCCCCCCCCCCCCCCI)(OC)OC. The van der Waals surface area contributed by atoms with Crippen LogP contribution in [0.1, 0.15) is 231 Å². The van der Waals surface area contributed by atoms with E-state index in [0.29, 0.717) is 0 Å². The summed E-state index contributed by atoms with van der Waals surface area (Å²) < 4.78 is 17.9. The van der Waals surface area contributed by atoms with Crippen molar-refractivity contribution in [1.29, 1.82) is 0 Å². The molecule has 0 aliphatic rings. The Bertz CT molecular complexity index is 538. The van der Waals surface area contributed by atoms with Crippen LogP contribution in [0.15, 0.2) is 0 Å². The van der Waals surface area contributed by atoms with Crippen molar-refractivity contribution in [3.63, 3.8) is 0 Å².